The first-order valence-electron chi connectivity index (χ1n) is 7.99. The maximum absolute atomic E-state index is 12.4. The lowest BCUT2D eigenvalue weighted by molar-refractivity contribution is -0.138. The molecule has 0 aromatic heterocycles. The summed E-state index contributed by atoms with van der Waals surface area (Å²) >= 11 is 0. The summed E-state index contributed by atoms with van der Waals surface area (Å²) in [7, 11) is 1.70. The highest BCUT2D eigenvalue weighted by atomic mass is 19.4. The fourth-order valence-electron chi connectivity index (χ4n) is 3.35. The van der Waals surface area contributed by atoms with Crippen LogP contribution in [0.1, 0.15) is 65.7 Å². The quantitative estimate of drug-likeness (QED) is 0.737. The Morgan fingerprint density at radius 3 is 2.14 bits per heavy atom. The van der Waals surface area contributed by atoms with Gasteiger partial charge >= 0.3 is 6.18 Å². The van der Waals surface area contributed by atoms with E-state index in [0.29, 0.717) is 11.8 Å². The van der Waals surface area contributed by atoms with Gasteiger partial charge in [-0.2, -0.15) is 13.2 Å². The number of ether oxygens (including phenoxy) is 1. The largest absolute Gasteiger partial charge is 0.389 e. The predicted molar refractivity (Wildman–Crippen MR) is 79.4 cm³/mol. The summed E-state index contributed by atoms with van der Waals surface area (Å²) in [5.41, 5.74) is 0.00188. The summed E-state index contributed by atoms with van der Waals surface area (Å²) < 4.78 is 42.9. The van der Waals surface area contributed by atoms with Crippen molar-refractivity contribution >= 4 is 0 Å². The molecular formula is C16H30F3NO. The lowest BCUT2D eigenvalue weighted by Crippen LogP contribution is -2.54. The van der Waals surface area contributed by atoms with E-state index in [1.54, 1.807) is 7.11 Å². The molecule has 2 nitrogen and oxygen atoms in total. The van der Waals surface area contributed by atoms with Crippen molar-refractivity contribution in [3.8, 4) is 0 Å². The second-order valence-electron chi connectivity index (χ2n) is 7.05. The molecule has 0 aromatic rings. The van der Waals surface area contributed by atoms with Crippen molar-refractivity contribution in [2.75, 3.05) is 13.7 Å². The molecule has 126 valence electrons. The Bertz CT molecular complexity index is 305. The highest BCUT2D eigenvalue weighted by molar-refractivity contribution is 4.98. The second-order valence-corrected chi connectivity index (χ2v) is 7.05. The van der Waals surface area contributed by atoms with Crippen LogP contribution in [-0.4, -0.2) is 31.5 Å². The number of hydrogen-bond donors (Lipinski definition) is 1. The Hall–Kier alpha value is -0.290. The summed E-state index contributed by atoms with van der Waals surface area (Å²) in [4.78, 5) is 0. The number of nitrogens with one attached hydrogen (secondary N) is 1. The number of hydrogen-bond acceptors (Lipinski definition) is 2. The zero-order valence-corrected chi connectivity index (χ0v) is 13.8. The molecule has 21 heavy (non-hydrogen) atoms. The first-order chi connectivity index (χ1) is 9.64. The topological polar surface area (TPSA) is 21.3 Å². The minimum absolute atomic E-state index is 0.00551. The van der Waals surface area contributed by atoms with Crippen molar-refractivity contribution in [2.45, 2.75) is 83.5 Å². The van der Waals surface area contributed by atoms with E-state index in [9.17, 15) is 13.2 Å². The van der Waals surface area contributed by atoms with Crippen LogP contribution in [0.5, 0.6) is 0 Å². The zero-order chi connectivity index (χ0) is 16.1. The van der Waals surface area contributed by atoms with Crippen LogP contribution >= 0.6 is 0 Å². The minimum atomic E-state index is -4.06. The van der Waals surface area contributed by atoms with Gasteiger partial charge in [0.25, 0.3) is 0 Å². The average molecular weight is 309 g/mol. The summed E-state index contributed by atoms with van der Waals surface area (Å²) in [5.74, 6) is 0. The van der Waals surface area contributed by atoms with Crippen molar-refractivity contribution in [3.63, 3.8) is 0 Å². The van der Waals surface area contributed by atoms with E-state index in [1.165, 1.54) is 0 Å². The molecule has 1 rings (SSSR count). The van der Waals surface area contributed by atoms with Gasteiger partial charge in [-0.25, -0.2) is 0 Å². The molecule has 0 radical (unpaired) electrons. The van der Waals surface area contributed by atoms with Gasteiger partial charge in [-0.15, -0.1) is 0 Å². The highest BCUT2D eigenvalue weighted by Crippen LogP contribution is 2.44. The van der Waals surface area contributed by atoms with Crippen LogP contribution < -0.4 is 5.32 Å². The van der Waals surface area contributed by atoms with Crippen LogP contribution in [0.2, 0.25) is 0 Å². The van der Waals surface area contributed by atoms with Crippen LogP contribution in [0.3, 0.4) is 0 Å². The Morgan fingerprint density at radius 1 is 1.14 bits per heavy atom. The van der Waals surface area contributed by atoms with E-state index in [0.717, 1.165) is 32.2 Å². The van der Waals surface area contributed by atoms with Crippen LogP contribution in [-0.2, 0) is 4.74 Å². The monoisotopic (exact) mass is 309 g/mol. The predicted octanol–water partition coefficient (Wildman–Crippen LogP) is 4.68. The number of alkyl halides is 3. The molecule has 0 aromatic carbocycles. The highest BCUT2D eigenvalue weighted by Gasteiger charge is 2.44. The molecule has 1 unspecified atom stereocenters. The van der Waals surface area contributed by atoms with Gasteiger partial charge in [-0.05, 0) is 50.5 Å². The minimum Gasteiger partial charge on any atom is -0.377 e. The molecular weight excluding hydrogens is 279 g/mol. The standard InChI is InChI=1S/C16H30F3NO/c1-5-20-13(7-6-8-16(17,18)19)15(21-4)11-9-14(2,3)10-12-15/h13,20H,5-12H2,1-4H3. The smallest absolute Gasteiger partial charge is 0.377 e. The molecule has 0 aliphatic heterocycles. The van der Waals surface area contributed by atoms with Crippen LogP contribution in [0, 0.1) is 5.41 Å². The van der Waals surface area contributed by atoms with Gasteiger partial charge in [0.2, 0.25) is 0 Å². The first-order valence-corrected chi connectivity index (χ1v) is 7.99. The van der Waals surface area contributed by atoms with E-state index in [2.05, 4.69) is 19.2 Å². The molecule has 1 saturated carbocycles. The van der Waals surface area contributed by atoms with Crippen molar-refractivity contribution in [1.29, 1.82) is 0 Å². The Labute approximate surface area is 126 Å². The Kier molecular flexibility index (Phi) is 6.54. The lowest BCUT2D eigenvalue weighted by atomic mass is 9.67. The van der Waals surface area contributed by atoms with Crippen LogP contribution in [0.4, 0.5) is 13.2 Å². The molecule has 1 aliphatic carbocycles. The normalized spacial score (nSPS) is 23.0. The van der Waals surface area contributed by atoms with E-state index >= 15 is 0 Å². The first kappa shape index (κ1) is 18.8. The third kappa shape index (κ3) is 5.78. The van der Waals surface area contributed by atoms with Gasteiger partial charge in [0.1, 0.15) is 0 Å². The number of likely N-dealkylation sites (N-methyl/N-ethyl adjacent to an activating group) is 1. The molecule has 0 spiro atoms. The van der Waals surface area contributed by atoms with E-state index < -0.39 is 12.6 Å². The maximum Gasteiger partial charge on any atom is 0.389 e. The van der Waals surface area contributed by atoms with Gasteiger partial charge in [0.05, 0.1) is 5.60 Å². The van der Waals surface area contributed by atoms with Gasteiger partial charge in [-0.1, -0.05) is 20.8 Å². The van der Waals surface area contributed by atoms with Gasteiger partial charge < -0.3 is 10.1 Å². The SMILES string of the molecule is CCNC(CCCC(F)(F)F)C1(OC)CCC(C)(C)CC1. The summed E-state index contributed by atoms with van der Waals surface area (Å²) in [6.07, 6.45) is -0.145. The van der Waals surface area contributed by atoms with E-state index in [-0.39, 0.29) is 18.1 Å². The van der Waals surface area contributed by atoms with Crippen molar-refractivity contribution in [2.24, 2.45) is 5.41 Å². The molecule has 1 N–H and O–H groups in total. The molecule has 0 saturated heterocycles. The van der Waals surface area contributed by atoms with Gasteiger partial charge in [0, 0.05) is 19.6 Å². The third-order valence-corrected chi connectivity index (χ3v) is 4.90. The summed E-state index contributed by atoms with van der Waals surface area (Å²) in [6, 6.07) is 0.00551. The van der Waals surface area contributed by atoms with E-state index in [4.69, 9.17) is 4.74 Å². The van der Waals surface area contributed by atoms with Gasteiger partial charge in [-0.3, -0.25) is 0 Å². The molecule has 1 aliphatic rings. The number of halogens is 3. The van der Waals surface area contributed by atoms with Crippen LogP contribution in [0.15, 0.2) is 0 Å². The number of methoxy groups -OCH3 is 1. The molecule has 5 heteroatoms. The van der Waals surface area contributed by atoms with Crippen LogP contribution in [0.25, 0.3) is 0 Å². The maximum atomic E-state index is 12.4. The van der Waals surface area contributed by atoms with Gasteiger partial charge in [0.15, 0.2) is 0 Å². The molecule has 0 heterocycles. The molecule has 1 atom stereocenters. The zero-order valence-electron chi connectivity index (χ0n) is 13.8. The fraction of sp³-hybridized carbons (Fsp3) is 1.00. The Morgan fingerprint density at radius 2 is 1.71 bits per heavy atom. The molecule has 0 amide bonds. The lowest BCUT2D eigenvalue weighted by Gasteiger charge is -2.47. The van der Waals surface area contributed by atoms with Crippen molar-refractivity contribution in [1.82, 2.24) is 5.32 Å². The van der Waals surface area contributed by atoms with E-state index in [1.807, 2.05) is 6.92 Å². The molecule has 0 bridgehead atoms. The summed E-state index contributed by atoms with van der Waals surface area (Å²) in [6.45, 7) is 7.25. The third-order valence-electron chi connectivity index (χ3n) is 4.90. The fourth-order valence-corrected chi connectivity index (χ4v) is 3.35. The summed E-state index contributed by atoms with van der Waals surface area (Å²) in [5, 5.41) is 3.37. The molecule has 1 fully saturated rings. The second kappa shape index (κ2) is 7.32. The average Bonchev–Trinajstić information content (AvgIpc) is 2.37. The number of rotatable bonds is 7. The van der Waals surface area contributed by atoms with Crippen molar-refractivity contribution < 1.29 is 17.9 Å². The van der Waals surface area contributed by atoms with Crippen molar-refractivity contribution in [3.05, 3.63) is 0 Å². The Balaban J connectivity index is 2.67.